The second-order valence-corrected chi connectivity index (χ2v) is 6.13. The molecule has 8 heteroatoms. The van der Waals surface area contributed by atoms with Gasteiger partial charge in [0.05, 0.1) is 17.6 Å². The zero-order valence-electron chi connectivity index (χ0n) is 15.0. The number of hydrogen-bond acceptors (Lipinski definition) is 6. The number of hydrogen-bond donors (Lipinski definition) is 2. The van der Waals surface area contributed by atoms with Crippen molar-refractivity contribution in [2.45, 2.75) is 6.92 Å². The Bertz CT molecular complexity index is 856. The Morgan fingerprint density at radius 3 is 2.46 bits per heavy atom. The lowest BCUT2D eigenvalue weighted by atomic mass is 10.2. The van der Waals surface area contributed by atoms with E-state index in [9.17, 15) is 14.7 Å². The Labute approximate surface area is 151 Å². The van der Waals surface area contributed by atoms with Crippen molar-refractivity contribution in [3.63, 3.8) is 0 Å². The van der Waals surface area contributed by atoms with E-state index in [0.717, 1.165) is 38.4 Å². The third-order valence-electron chi connectivity index (χ3n) is 4.63. The molecule has 1 saturated heterocycles. The van der Waals surface area contributed by atoms with Gasteiger partial charge < -0.3 is 20.2 Å². The first-order chi connectivity index (χ1) is 12.5. The van der Waals surface area contributed by atoms with Gasteiger partial charge in [-0.05, 0) is 18.7 Å². The van der Waals surface area contributed by atoms with Crippen LogP contribution in [-0.4, -0.2) is 65.5 Å². The molecule has 2 heterocycles. The largest absolute Gasteiger partial charge is 0.503 e. The van der Waals surface area contributed by atoms with E-state index in [0.29, 0.717) is 5.69 Å². The molecule has 1 aromatic carbocycles. The number of anilines is 1. The van der Waals surface area contributed by atoms with Gasteiger partial charge in [-0.2, -0.15) is 5.10 Å². The SMILES string of the molecule is CCN1CCN(c2ccccc2-n2cc(O)c(=O)c(C(=O)NC)n2)CC1. The van der Waals surface area contributed by atoms with Crippen molar-refractivity contribution in [1.82, 2.24) is 20.0 Å². The van der Waals surface area contributed by atoms with Crippen LogP contribution in [-0.2, 0) is 0 Å². The molecular formula is C18H23N5O3. The maximum absolute atomic E-state index is 12.0. The van der Waals surface area contributed by atoms with Crippen LogP contribution in [0.2, 0.25) is 0 Å². The quantitative estimate of drug-likeness (QED) is 0.825. The van der Waals surface area contributed by atoms with Gasteiger partial charge in [0.2, 0.25) is 0 Å². The molecule has 2 aromatic rings. The molecule has 3 rings (SSSR count). The Morgan fingerprint density at radius 2 is 1.85 bits per heavy atom. The van der Waals surface area contributed by atoms with E-state index in [1.807, 2.05) is 24.3 Å². The summed E-state index contributed by atoms with van der Waals surface area (Å²) in [5.74, 6) is -1.14. The standard InChI is InChI=1S/C18H23N5O3/c1-3-21-8-10-22(11-9-21)13-6-4-5-7-14(13)23-12-15(24)17(25)16(20-23)18(26)19-2/h4-7,12,24H,3,8-11H2,1-2H3,(H,19,26). The molecule has 1 aliphatic rings. The molecular weight excluding hydrogens is 334 g/mol. The fourth-order valence-electron chi connectivity index (χ4n) is 3.10. The van der Waals surface area contributed by atoms with E-state index >= 15 is 0 Å². The molecule has 1 aromatic heterocycles. The highest BCUT2D eigenvalue weighted by Gasteiger charge is 2.21. The Balaban J connectivity index is 2.02. The van der Waals surface area contributed by atoms with E-state index < -0.39 is 17.1 Å². The number of aromatic nitrogens is 2. The highest BCUT2D eigenvalue weighted by Crippen LogP contribution is 2.25. The van der Waals surface area contributed by atoms with Crippen molar-refractivity contribution in [2.24, 2.45) is 0 Å². The van der Waals surface area contributed by atoms with E-state index in [2.05, 4.69) is 27.1 Å². The van der Waals surface area contributed by atoms with E-state index in [4.69, 9.17) is 0 Å². The first-order valence-electron chi connectivity index (χ1n) is 8.67. The molecule has 0 atom stereocenters. The van der Waals surface area contributed by atoms with Crippen molar-refractivity contribution in [1.29, 1.82) is 0 Å². The molecule has 26 heavy (non-hydrogen) atoms. The minimum atomic E-state index is -0.783. The van der Waals surface area contributed by atoms with E-state index in [-0.39, 0.29) is 5.69 Å². The predicted octanol–water partition coefficient (Wildman–Crippen LogP) is 0.440. The summed E-state index contributed by atoms with van der Waals surface area (Å²) in [6, 6.07) is 7.63. The molecule has 138 valence electrons. The summed E-state index contributed by atoms with van der Waals surface area (Å²) in [4.78, 5) is 28.5. The highest BCUT2D eigenvalue weighted by atomic mass is 16.3. The van der Waals surface area contributed by atoms with Gasteiger partial charge in [0, 0.05) is 33.2 Å². The monoisotopic (exact) mass is 357 g/mol. The van der Waals surface area contributed by atoms with Crippen LogP contribution in [0.1, 0.15) is 17.4 Å². The van der Waals surface area contributed by atoms with Crippen LogP contribution in [0.25, 0.3) is 5.69 Å². The molecule has 0 aliphatic carbocycles. The number of carbonyl (C=O) groups excluding carboxylic acids is 1. The Hall–Kier alpha value is -2.87. The van der Waals surface area contributed by atoms with Crippen LogP contribution in [0.5, 0.6) is 5.75 Å². The van der Waals surface area contributed by atoms with Gasteiger partial charge in [-0.15, -0.1) is 0 Å². The molecule has 0 bridgehead atoms. The zero-order chi connectivity index (χ0) is 18.7. The molecule has 1 amide bonds. The molecule has 0 unspecified atom stereocenters. The maximum atomic E-state index is 12.0. The molecule has 0 spiro atoms. The summed E-state index contributed by atoms with van der Waals surface area (Å²) < 4.78 is 1.39. The number of para-hydroxylation sites is 2. The van der Waals surface area contributed by atoms with E-state index in [1.165, 1.54) is 17.9 Å². The zero-order valence-corrected chi connectivity index (χ0v) is 15.0. The van der Waals surface area contributed by atoms with Crippen molar-refractivity contribution in [2.75, 3.05) is 44.7 Å². The summed E-state index contributed by atoms with van der Waals surface area (Å²) in [6.07, 6.45) is 1.25. The first kappa shape index (κ1) is 17.9. The molecule has 1 aliphatic heterocycles. The third-order valence-corrected chi connectivity index (χ3v) is 4.63. The second kappa shape index (κ2) is 7.57. The van der Waals surface area contributed by atoms with Gasteiger partial charge in [-0.25, -0.2) is 4.68 Å². The predicted molar refractivity (Wildman–Crippen MR) is 99.2 cm³/mol. The Kier molecular flexibility index (Phi) is 5.22. The number of rotatable bonds is 4. The average molecular weight is 357 g/mol. The fourth-order valence-corrected chi connectivity index (χ4v) is 3.10. The number of amides is 1. The Morgan fingerprint density at radius 1 is 1.19 bits per heavy atom. The smallest absolute Gasteiger partial charge is 0.275 e. The van der Waals surface area contributed by atoms with Crippen molar-refractivity contribution < 1.29 is 9.90 Å². The number of piperazine rings is 1. The normalized spacial score (nSPS) is 15.1. The van der Waals surface area contributed by atoms with Gasteiger partial charge in [0.15, 0.2) is 11.4 Å². The molecule has 1 fully saturated rings. The summed E-state index contributed by atoms with van der Waals surface area (Å²) in [5, 5.41) is 16.5. The molecule has 0 radical (unpaired) electrons. The van der Waals surface area contributed by atoms with Crippen LogP contribution < -0.4 is 15.6 Å². The van der Waals surface area contributed by atoms with Crippen LogP contribution in [0.3, 0.4) is 0 Å². The number of nitrogens with one attached hydrogen (secondary N) is 1. The second-order valence-electron chi connectivity index (χ2n) is 6.13. The van der Waals surface area contributed by atoms with Crippen LogP contribution in [0.15, 0.2) is 35.3 Å². The van der Waals surface area contributed by atoms with Crippen molar-refractivity contribution >= 4 is 11.6 Å². The van der Waals surface area contributed by atoms with Crippen LogP contribution in [0.4, 0.5) is 5.69 Å². The van der Waals surface area contributed by atoms with Gasteiger partial charge >= 0.3 is 0 Å². The average Bonchev–Trinajstić information content (AvgIpc) is 2.69. The lowest BCUT2D eigenvalue weighted by Gasteiger charge is -2.36. The third kappa shape index (κ3) is 3.41. The van der Waals surface area contributed by atoms with E-state index in [1.54, 1.807) is 0 Å². The van der Waals surface area contributed by atoms with Crippen LogP contribution >= 0.6 is 0 Å². The lowest BCUT2D eigenvalue weighted by Crippen LogP contribution is -2.46. The maximum Gasteiger partial charge on any atom is 0.275 e. The minimum absolute atomic E-state index is 0.335. The summed E-state index contributed by atoms with van der Waals surface area (Å²) in [5.41, 5.74) is 0.535. The number of aromatic hydroxyl groups is 1. The van der Waals surface area contributed by atoms with Gasteiger partial charge in [-0.1, -0.05) is 19.1 Å². The summed E-state index contributed by atoms with van der Waals surface area (Å²) in [7, 11) is 1.42. The van der Waals surface area contributed by atoms with Gasteiger partial charge in [0.25, 0.3) is 11.3 Å². The number of carbonyl (C=O) groups is 1. The summed E-state index contributed by atoms with van der Waals surface area (Å²) in [6.45, 7) is 6.87. The van der Waals surface area contributed by atoms with Crippen LogP contribution in [0, 0.1) is 0 Å². The summed E-state index contributed by atoms with van der Waals surface area (Å²) >= 11 is 0. The highest BCUT2D eigenvalue weighted by molar-refractivity contribution is 5.92. The molecule has 2 N–H and O–H groups in total. The van der Waals surface area contributed by atoms with Crippen molar-refractivity contribution in [3.8, 4) is 11.4 Å². The molecule has 0 saturated carbocycles. The van der Waals surface area contributed by atoms with Gasteiger partial charge in [0.1, 0.15) is 0 Å². The van der Waals surface area contributed by atoms with Gasteiger partial charge in [-0.3, -0.25) is 9.59 Å². The molecule has 8 nitrogen and oxygen atoms in total. The number of nitrogens with zero attached hydrogens (tertiary/aromatic N) is 4. The number of benzene rings is 1. The fraction of sp³-hybridized carbons (Fsp3) is 0.389. The lowest BCUT2D eigenvalue weighted by molar-refractivity contribution is 0.0954. The number of likely N-dealkylation sites (N-methyl/N-ethyl adjacent to an activating group) is 1. The first-order valence-corrected chi connectivity index (χ1v) is 8.67. The minimum Gasteiger partial charge on any atom is -0.503 e. The van der Waals surface area contributed by atoms with Crippen molar-refractivity contribution in [3.05, 3.63) is 46.4 Å². The topological polar surface area (TPSA) is 90.7 Å².